The average molecular weight is 340 g/mol. The van der Waals surface area contributed by atoms with Crippen LogP contribution in [0.5, 0.6) is 0 Å². The molecule has 0 amide bonds. The Balaban J connectivity index is 1.84. The predicted molar refractivity (Wildman–Crippen MR) is 93.1 cm³/mol. The van der Waals surface area contributed by atoms with Crippen LogP contribution < -0.4 is 5.73 Å². The first-order chi connectivity index (χ1) is 9.83. The first-order valence-electron chi connectivity index (χ1n) is 8.27. The maximum absolute atomic E-state index is 5.48. The van der Waals surface area contributed by atoms with Crippen LogP contribution in [0, 0.1) is 0 Å². The molecule has 1 aromatic carbocycles. The fourth-order valence-corrected chi connectivity index (χ4v) is 2.80. The van der Waals surface area contributed by atoms with Gasteiger partial charge in [0.25, 0.3) is 0 Å². The predicted octanol–water partition coefficient (Wildman–Crippen LogP) is 5.85. The minimum Gasteiger partial charge on any atom is -0.330 e. The summed E-state index contributed by atoms with van der Waals surface area (Å²) in [5.41, 5.74) is 6.95. The summed E-state index contributed by atoms with van der Waals surface area (Å²) < 4.78 is 1.17. The Labute approximate surface area is 133 Å². The van der Waals surface area contributed by atoms with Crippen molar-refractivity contribution in [2.24, 2.45) is 5.73 Å². The van der Waals surface area contributed by atoms with Crippen molar-refractivity contribution in [3.8, 4) is 0 Å². The third-order valence-electron chi connectivity index (χ3n) is 3.83. The molecule has 0 aliphatic heterocycles. The molecule has 0 aliphatic carbocycles. The Kier molecular flexibility index (Phi) is 11.0. The Morgan fingerprint density at radius 3 is 1.60 bits per heavy atom. The molecule has 0 atom stereocenters. The normalized spacial score (nSPS) is 10.9. The summed E-state index contributed by atoms with van der Waals surface area (Å²) in [6, 6.07) is 8.73. The van der Waals surface area contributed by atoms with Crippen molar-refractivity contribution < 1.29 is 0 Å². The van der Waals surface area contributed by atoms with Crippen LogP contribution >= 0.6 is 15.9 Å². The van der Waals surface area contributed by atoms with E-state index in [-0.39, 0.29) is 0 Å². The number of benzene rings is 1. The lowest BCUT2D eigenvalue weighted by Crippen LogP contribution is -1.97. The Hall–Kier alpha value is -0.340. The second kappa shape index (κ2) is 12.4. The standard InChI is InChI=1S/C18H30BrN/c19-18-14-12-17(13-15-18)11-9-7-5-3-1-2-4-6-8-10-16-20/h12-15H,1-11,16,20H2. The second-order valence-electron chi connectivity index (χ2n) is 5.70. The van der Waals surface area contributed by atoms with Crippen LogP contribution in [0.1, 0.15) is 69.8 Å². The van der Waals surface area contributed by atoms with E-state index in [1.54, 1.807) is 0 Å². The molecule has 0 spiro atoms. The molecule has 0 saturated carbocycles. The molecule has 0 aliphatic rings. The van der Waals surface area contributed by atoms with E-state index in [2.05, 4.69) is 40.2 Å². The van der Waals surface area contributed by atoms with Gasteiger partial charge < -0.3 is 5.73 Å². The topological polar surface area (TPSA) is 26.0 Å². The van der Waals surface area contributed by atoms with Gasteiger partial charge in [-0.3, -0.25) is 0 Å². The highest BCUT2D eigenvalue weighted by molar-refractivity contribution is 9.10. The summed E-state index contributed by atoms with van der Waals surface area (Å²) in [6.07, 6.45) is 14.9. The molecule has 0 fully saturated rings. The minimum absolute atomic E-state index is 0.859. The van der Waals surface area contributed by atoms with Crippen LogP contribution in [0.2, 0.25) is 0 Å². The quantitative estimate of drug-likeness (QED) is 0.475. The van der Waals surface area contributed by atoms with Crippen molar-refractivity contribution in [1.82, 2.24) is 0 Å². The van der Waals surface area contributed by atoms with Gasteiger partial charge in [0.15, 0.2) is 0 Å². The van der Waals surface area contributed by atoms with Crippen molar-refractivity contribution >= 4 is 15.9 Å². The van der Waals surface area contributed by atoms with Gasteiger partial charge in [-0.2, -0.15) is 0 Å². The maximum atomic E-state index is 5.48. The van der Waals surface area contributed by atoms with Gasteiger partial charge in [0.1, 0.15) is 0 Å². The zero-order chi connectivity index (χ0) is 14.5. The molecule has 2 N–H and O–H groups in total. The van der Waals surface area contributed by atoms with Crippen LogP contribution in [0.15, 0.2) is 28.7 Å². The number of unbranched alkanes of at least 4 members (excludes halogenated alkanes) is 9. The molecule has 20 heavy (non-hydrogen) atoms. The largest absolute Gasteiger partial charge is 0.330 e. The lowest BCUT2D eigenvalue weighted by Gasteiger charge is -2.03. The monoisotopic (exact) mass is 339 g/mol. The number of nitrogens with two attached hydrogens (primary N) is 1. The number of hydrogen-bond acceptors (Lipinski definition) is 1. The zero-order valence-corrected chi connectivity index (χ0v) is 14.3. The van der Waals surface area contributed by atoms with E-state index >= 15 is 0 Å². The summed E-state index contributed by atoms with van der Waals surface area (Å²) in [4.78, 5) is 0. The van der Waals surface area contributed by atoms with E-state index in [1.807, 2.05) is 0 Å². The van der Waals surface area contributed by atoms with E-state index in [1.165, 1.54) is 80.7 Å². The zero-order valence-electron chi connectivity index (χ0n) is 12.7. The minimum atomic E-state index is 0.859. The molecular formula is C18H30BrN. The summed E-state index contributed by atoms with van der Waals surface area (Å²) in [5, 5.41) is 0. The van der Waals surface area contributed by atoms with E-state index in [0.29, 0.717) is 0 Å². The van der Waals surface area contributed by atoms with Crippen molar-refractivity contribution in [3.05, 3.63) is 34.3 Å². The van der Waals surface area contributed by atoms with Gasteiger partial charge in [-0.1, -0.05) is 79.4 Å². The molecular weight excluding hydrogens is 310 g/mol. The number of aryl methyl sites for hydroxylation is 1. The number of halogens is 1. The molecule has 0 aromatic heterocycles. The first-order valence-corrected chi connectivity index (χ1v) is 9.07. The Morgan fingerprint density at radius 2 is 1.10 bits per heavy atom. The SMILES string of the molecule is NCCCCCCCCCCCCc1ccc(Br)cc1. The summed E-state index contributed by atoms with van der Waals surface area (Å²) >= 11 is 3.48. The molecule has 0 saturated heterocycles. The van der Waals surface area contributed by atoms with Crippen LogP contribution in [-0.2, 0) is 6.42 Å². The van der Waals surface area contributed by atoms with Crippen molar-refractivity contribution in [2.75, 3.05) is 6.54 Å². The van der Waals surface area contributed by atoms with E-state index in [0.717, 1.165) is 6.54 Å². The molecule has 0 heterocycles. The van der Waals surface area contributed by atoms with Crippen LogP contribution in [0.4, 0.5) is 0 Å². The number of rotatable bonds is 12. The van der Waals surface area contributed by atoms with Crippen molar-refractivity contribution in [1.29, 1.82) is 0 Å². The van der Waals surface area contributed by atoms with E-state index < -0.39 is 0 Å². The third-order valence-corrected chi connectivity index (χ3v) is 4.36. The molecule has 114 valence electrons. The van der Waals surface area contributed by atoms with Gasteiger partial charge in [-0.15, -0.1) is 0 Å². The van der Waals surface area contributed by atoms with Gasteiger partial charge in [0.2, 0.25) is 0 Å². The Morgan fingerprint density at radius 1 is 0.650 bits per heavy atom. The molecule has 0 bridgehead atoms. The van der Waals surface area contributed by atoms with Crippen LogP contribution in [0.25, 0.3) is 0 Å². The van der Waals surface area contributed by atoms with E-state index in [9.17, 15) is 0 Å². The lowest BCUT2D eigenvalue weighted by molar-refractivity contribution is 0.553. The third kappa shape index (κ3) is 9.55. The maximum Gasteiger partial charge on any atom is 0.0175 e. The summed E-state index contributed by atoms with van der Waals surface area (Å²) in [5.74, 6) is 0. The summed E-state index contributed by atoms with van der Waals surface area (Å²) in [6.45, 7) is 0.859. The fourth-order valence-electron chi connectivity index (χ4n) is 2.54. The highest BCUT2D eigenvalue weighted by atomic mass is 79.9. The van der Waals surface area contributed by atoms with E-state index in [4.69, 9.17) is 5.73 Å². The van der Waals surface area contributed by atoms with Gasteiger partial charge in [-0.05, 0) is 43.5 Å². The molecule has 2 heteroatoms. The fraction of sp³-hybridized carbons (Fsp3) is 0.667. The van der Waals surface area contributed by atoms with Gasteiger partial charge >= 0.3 is 0 Å². The summed E-state index contributed by atoms with van der Waals surface area (Å²) in [7, 11) is 0. The second-order valence-corrected chi connectivity index (χ2v) is 6.62. The lowest BCUT2D eigenvalue weighted by atomic mass is 10.0. The van der Waals surface area contributed by atoms with Crippen LogP contribution in [0.3, 0.4) is 0 Å². The van der Waals surface area contributed by atoms with Gasteiger partial charge in [-0.25, -0.2) is 0 Å². The molecule has 1 rings (SSSR count). The molecule has 0 unspecified atom stereocenters. The number of hydrogen-bond donors (Lipinski definition) is 1. The van der Waals surface area contributed by atoms with Gasteiger partial charge in [0.05, 0.1) is 0 Å². The molecule has 0 radical (unpaired) electrons. The first kappa shape index (κ1) is 17.7. The van der Waals surface area contributed by atoms with Gasteiger partial charge in [0, 0.05) is 4.47 Å². The van der Waals surface area contributed by atoms with Crippen LogP contribution in [-0.4, -0.2) is 6.54 Å². The van der Waals surface area contributed by atoms with Crippen molar-refractivity contribution in [3.63, 3.8) is 0 Å². The highest BCUT2D eigenvalue weighted by Crippen LogP contribution is 2.14. The van der Waals surface area contributed by atoms with Crippen molar-refractivity contribution in [2.45, 2.75) is 70.6 Å². The molecule has 1 nitrogen and oxygen atoms in total. The molecule has 1 aromatic rings. The Bertz CT molecular complexity index is 321. The highest BCUT2D eigenvalue weighted by Gasteiger charge is 1.95. The average Bonchev–Trinajstić information content (AvgIpc) is 2.47. The smallest absolute Gasteiger partial charge is 0.0175 e.